The van der Waals surface area contributed by atoms with Gasteiger partial charge in [0.2, 0.25) is 0 Å². The largest absolute Gasteiger partial charge is 0.506 e. The maximum Gasteiger partial charge on any atom is 0.414 e. The molecule has 0 saturated carbocycles. The minimum atomic E-state index is -0.399. The van der Waals surface area contributed by atoms with E-state index in [1.54, 1.807) is 12.1 Å². The zero-order chi connectivity index (χ0) is 10.1. The maximum absolute atomic E-state index is 11.2. The monoisotopic (exact) mass is 193 g/mol. The lowest BCUT2D eigenvalue weighted by molar-refractivity contribution is 0.181. The number of carbonyl (C=O) groups is 1. The van der Waals surface area contributed by atoms with Crippen molar-refractivity contribution in [2.24, 2.45) is 0 Å². The fraction of sp³-hybridized carbons (Fsp3) is 0.300. The molecule has 0 spiro atoms. The lowest BCUT2D eigenvalue weighted by Gasteiger charge is -2.14. The zero-order valence-electron chi connectivity index (χ0n) is 7.86. The molecule has 1 aromatic carbocycles. The Labute approximate surface area is 81.7 Å². The second-order valence-corrected chi connectivity index (χ2v) is 3.26. The van der Waals surface area contributed by atoms with Gasteiger partial charge in [-0.25, -0.2) is 4.79 Å². The number of nitrogens with zero attached hydrogens (tertiary/aromatic N) is 1. The van der Waals surface area contributed by atoms with Crippen molar-refractivity contribution in [1.29, 1.82) is 0 Å². The molecule has 1 fully saturated rings. The van der Waals surface area contributed by atoms with Crippen molar-refractivity contribution in [2.45, 2.75) is 6.92 Å². The van der Waals surface area contributed by atoms with Crippen molar-refractivity contribution in [3.8, 4) is 5.75 Å². The summed E-state index contributed by atoms with van der Waals surface area (Å²) in [5.41, 5.74) is 1.47. The molecular weight excluding hydrogens is 182 g/mol. The number of phenols is 1. The van der Waals surface area contributed by atoms with Gasteiger partial charge in [-0.1, -0.05) is 6.07 Å². The number of benzene rings is 1. The van der Waals surface area contributed by atoms with Crippen LogP contribution in [0.25, 0.3) is 0 Å². The van der Waals surface area contributed by atoms with Crippen molar-refractivity contribution in [1.82, 2.24) is 0 Å². The predicted octanol–water partition coefficient (Wildman–Crippen LogP) is 1.66. The van der Waals surface area contributed by atoms with Gasteiger partial charge >= 0.3 is 6.09 Å². The highest BCUT2D eigenvalue weighted by Crippen LogP contribution is 2.29. The highest BCUT2D eigenvalue weighted by atomic mass is 16.6. The Morgan fingerprint density at radius 2 is 2.29 bits per heavy atom. The number of hydrogen-bond donors (Lipinski definition) is 1. The van der Waals surface area contributed by atoms with Gasteiger partial charge in [0, 0.05) is 0 Å². The van der Waals surface area contributed by atoms with Crippen LogP contribution in [0.3, 0.4) is 0 Å². The highest BCUT2D eigenvalue weighted by Gasteiger charge is 2.25. The molecule has 1 aliphatic heterocycles. The standard InChI is InChI=1S/C10H11NO3/c1-7-2-3-8(9(12)6-7)11-4-5-14-10(11)13/h2-3,6,12H,4-5H2,1H3. The molecule has 1 heterocycles. The molecule has 0 atom stereocenters. The molecule has 0 unspecified atom stereocenters. The fourth-order valence-corrected chi connectivity index (χ4v) is 1.47. The first-order chi connectivity index (χ1) is 6.68. The number of cyclic esters (lactones) is 1. The van der Waals surface area contributed by atoms with Crippen LogP contribution in [0, 0.1) is 6.92 Å². The van der Waals surface area contributed by atoms with Gasteiger partial charge in [-0.3, -0.25) is 4.90 Å². The molecule has 1 saturated heterocycles. The average Bonchev–Trinajstić information content (AvgIpc) is 2.52. The Balaban J connectivity index is 2.36. The number of rotatable bonds is 1. The van der Waals surface area contributed by atoms with E-state index in [9.17, 15) is 9.90 Å². The van der Waals surface area contributed by atoms with E-state index < -0.39 is 6.09 Å². The zero-order valence-corrected chi connectivity index (χ0v) is 7.86. The molecular formula is C10H11NO3. The fourth-order valence-electron chi connectivity index (χ4n) is 1.47. The minimum absolute atomic E-state index is 0.115. The van der Waals surface area contributed by atoms with Gasteiger partial charge in [-0.2, -0.15) is 0 Å². The van der Waals surface area contributed by atoms with E-state index in [4.69, 9.17) is 4.74 Å². The molecule has 74 valence electrons. The Kier molecular flexibility index (Phi) is 2.04. The minimum Gasteiger partial charge on any atom is -0.506 e. The van der Waals surface area contributed by atoms with Crippen LogP contribution < -0.4 is 4.90 Å². The Hall–Kier alpha value is -1.71. The number of phenolic OH excluding ortho intramolecular Hbond substituents is 1. The lowest BCUT2D eigenvalue weighted by Crippen LogP contribution is -2.23. The first-order valence-corrected chi connectivity index (χ1v) is 4.42. The molecule has 0 aromatic heterocycles. The first kappa shape index (κ1) is 8.87. The molecule has 1 aliphatic rings. The van der Waals surface area contributed by atoms with Crippen molar-refractivity contribution >= 4 is 11.8 Å². The van der Waals surface area contributed by atoms with Crippen LogP contribution in [0.1, 0.15) is 5.56 Å². The van der Waals surface area contributed by atoms with Crippen LogP contribution in [0.15, 0.2) is 18.2 Å². The van der Waals surface area contributed by atoms with E-state index in [0.717, 1.165) is 5.56 Å². The van der Waals surface area contributed by atoms with Crippen LogP contribution in [-0.4, -0.2) is 24.4 Å². The quantitative estimate of drug-likeness (QED) is 0.737. The first-order valence-electron chi connectivity index (χ1n) is 4.42. The molecule has 4 nitrogen and oxygen atoms in total. The van der Waals surface area contributed by atoms with Gasteiger partial charge in [-0.15, -0.1) is 0 Å². The highest BCUT2D eigenvalue weighted by molar-refractivity contribution is 5.91. The van der Waals surface area contributed by atoms with E-state index in [1.165, 1.54) is 4.90 Å². The third-order valence-corrected chi connectivity index (χ3v) is 2.18. The molecule has 1 N–H and O–H groups in total. The van der Waals surface area contributed by atoms with Gasteiger partial charge in [0.15, 0.2) is 0 Å². The Morgan fingerprint density at radius 3 is 2.86 bits per heavy atom. The van der Waals surface area contributed by atoms with Crippen LogP contribution in [0.5, 0.6) is 5.75 Å². The van der Waals surface area contributed by atoms with E-state index in [-0.39, 0.29) is 5.75 Å². The number of carbonyl (C=O) groups excluding carboxylic acids is 1. The summed E-state index contributed by atoms with van der Waals surface area (Å²) >= 11 is 0. The number of anilines is 1. The van der Waals surface area contributed by atoms with E-state index in [0.29, 0.717) is 18.8 Å². The predicted molar refractivity (Wildman–Crippen MR) is 51.5 cm³/mol. The summed E-state index contributed by atoms with van der Waals surface area (Å²) in [6.45, 7) is 2.76. The smallest absolute Gasteiger partial charge is 0.414 e. The summed E-state index contributed by atoms with van der Waals surface area (Å²) in [5, 5.41) is 9.62. The molecule has 1 amide bonds. The van der Waals surface area contributed by atoms with Crippen LogP contribution in [0.4, 0.5) is 10.5 Å². The average molecular weight is 193 g/mol. The number of aromatic hydroxyl groups is 1. The molecule has 0 radical (unpaired) electrons. The lowest BCUT2D eigenvalue weighted by atomic mass is 10.2. The molecule has 14 heavy (non-hydrogen) atoms. The van der Waals surface area contributed by atoms with Gasteiger partial charge in [0.1, 0.15) is 12.4 Å². The topological polar surface area (TPSA) is 49.8 Å². The maximum atomic E-state index is 11.2. The Bertz CT molecular complexity index is 376. The van der Waals surface area contributed by atoms with Gasteiger partial charge in [-0.05, 0) is 24.6 Å². The van der Waals surface area contributed by atoms with Crippen molar-refractivity contribution in [2.75, 3.05) is 18.1 Å². The SMILES string of the molecule is Cc1ccc(N2CCOC2=O)c(O)c1. The van der Waals surface area contributed by atoms with Crippen molar-refractivity contribution in [3.05, 3.63) is 23.8 Å². The van der Waals surface area contributed by atoms with Crippen molar-refractivity contribution in [3.63, 3.8) is 0 Å². The summed E-state index contributed by atoms with van der Waals surface area (Å²) < 4.78 is 4.78. The molecule has 0 aliphatic carbocycles. The number of ether oxygens (including phenoxy) is 1. The van der Waals surface area contributed by atoms with E-state index in [2.05, 4.69) is 0 Å². The van der Waals surface area contributed by atoms with E-state index in [1.807, 2.05) is 13.0 Å². The summed E-state index contributed by atoms with van der Waals surface area (Å²) in [4.78, 5) is 12.6. The molecule has 2 rings (SSSR count). The molecule has 0 bridgehead atoms. The normalized spacial score (nSPS) is 15.8. The Morgan fingerprint density at radius 1 is 1.50 bits per heavy atom. The second-order valence-electron chi connectivity index (χ2n) is 3.26. The number of aryl methyl sites for hydroxylation is 1. The third kappa shape index (κ3) is 1.39. The number of hydrogen-bond acceptors (Lipinski definition) is 3. The summed E-state index contributed by atoms with van der Waals surface area (Å²) in [6, 6.07) is 5.19. The van der Waals surface area contributed by atoms with Crippen LogP contribution in [0.2, 0.25) is 0 Å². The molecule has 1 aromatic rings. The van der Waals surface area contributed by atoms with Crippen molar-refractivity contribution < 1.29 is 14.6 Å². The summed E-state index contributed by atoms with van der Waals surface area (Å²) in [5.74, 6) is 0.115. The summed E-state index contributed by atoms with van der Waals surface area (Å²) in [7, 11) is 0. The third-order valence-electron chi connectivity index (χ3n) is 2.18. The molecule has 4 heteroatoms. The van der Waals surface area contributed by atoms with Gasteiger partial charge < -0.3 is 9.84 Å². The van der Waals surface area contributed by atoms with Crippen LogP contribution in [-0.2, 0) is 4.74 Å². The van der Waals surface area contributed by atoms with Gasteiger partial charge in [0.05, 0.1) is 12.2 Å². The second kappa shape index (κ2) is 3.21. The number of amides is 1. The van der Waals surface area contributed by atoms with Crippen LogP contribution >= 0.6 is 0 Å². The van der Waals surface area contributed by atoms with Gasteiger partial charge in [0.25, 0.3) is 0 Å². The van der Waals surface area contributed by atoms with E-state index >= 15 is 0 Å². The summed E-state index contributed by atoms with van der Waals surface area (Å²) in [6.07, 6.45) is -0.399.